The molecule has 1 atom stereocenters. The molecule has 1 aromatic carbocycles. The van der Waals surface area contributed by atoms with Crippen LogP contribution in [0.5, 0.6) is 11.5 Å². The Labute approximate surface area is 102 Å². The molecule has 1 aromatic rings. The standard InChI is InChI=1S/C9H11BrFNO2.ClH/c1-14-8-3-5(7(12)4-11)2-6(10)9(8)13;/h2-3,7,13H,4,12H2,1H3;1H/t7-;/m1./s1. The zero-order valence-corrected chi connectivity index (χ0v) is 10.4. The second-order valence-corrected chi connectivity index (χ2v) is 3.67. The molecule has 0 fully saturated rings. The van der Waals surface area contributed by atoms with Gasteiger partial charge in [-0.2, -0.15) is 0 Å². The lowest BCUT2D eigenvalue weighted by atomic mass is 10.1. The zero-order valence-electron chi connectivity index (χ0n) is 8.04. The van der Waals surface area contributed by atoms with Gasteiger partial charge in [-0.3, -0.25) is 0 Å². The van der Waals surface area contributed by atoms with Gasteiger partial charge >= 0.3 is 0 Å². The number of phenols is 1. The van der Waals surface area contributed by atoms with Crippen molar-refractivity contribution in [2.75, 3.05) is 13.8 Å². The van der Waals surface area contributed by atoms with E-state index < -0.39 is 12.7 Å². The van der Waals surface area contributed by atoms with Gasteiger partial charge in [0.15, 0.2) is 11.5 Å². The molecule has 15 heavy (non-hydrogen) atoms. The molecule has 0 aliphatic rings. The van der Waals surface area contributed by atoms with E-state index in [2.05, 4.69) is 15.9 Å². The van der Waals surface area contributed by atoms with E-state index in [1.165, 1.54) is 13.2 Å². The summed E-state index contributed by atoms with van der Waals surface area (Å²) in [5.41, 5.74) is 6.08. The molecule has 0 bridgehead atoms. The van der Waals surface area contributed by atoms with Gasteiger partial charge in [0.1, 0.15) is 6.67 Å². The average Bonchev–Trinajstić information content (AvgIpc) is 2.20. The van der Waals surface area contributed by atoms with E-state index in [9.17, 15) is 9.50 Å². The van der Waals surface area contributed by atoms with Gasteiger partial charge in [-0.05, 0) is 33.6 Å². The van der Waals surface area contributed by atoms with Crippen molar-refractivity contribution in [3.8, 4) is 11.5 Å². The third-order valence-corrected chi connectivity index (χ3v) is 2.47. The Balaban J connectivity index is 0.00000196. The number of benzene rings is 1. The van der Waals surface area contributed by atoms with Gasteiger partial charge in [-0.25, -0.2) is 4.39 Å². The highest BCUT2D eigenvalue weighted by Gasteiger charge is 2.12. The van der Waals surface area contributed by atoms with Crippen LogP contribution in [0.1, 0.15) is 11.6 Å². The smallest absolute Gasteiger partial charge is 0.172 e. The first-order valence-electron chi connectivity index (χ1n) is 3.98. The number of hydrogen-bond acceptors (Lipinski definition) is 3. The van der Waals surface area contributed by atoms with Gasteiger partial charge < -0.3 is 15.6 Å². The predicted octanol–water partition coefficient (Wildman–Crippen LogP) is 2.55. The van der Waals surface area contributed by atoms with Crippen LogP contribution < -0.4 is 10.5 Å². The molecule has 3 nitrogen and oxygen atoms in total. The van der Waals surface area contributed by atoms with Crippen LogP contribution in [0, 0.1) is 0 Å². The van der Waals surface area contributed by atoms with Crippen LogP contribution in [0.4, 0.5) is 4.39 Å². The topological polar surface area (TPSA) is 55.5 Å². The lowest BCUT2D eigenvalue weighted by molar-refractivity contribution is 0.369. The first-order valence-corrected chi connectivity index (χ1v) is 4.77. The highest BCUT2D eigenvalue weighted by atomic mass is 79.9. The Morgan fingerprint density at radius 1 is 1.60 bits per heavy atom. The summed E-state index contributed by atoms with van der Waals surface area (Å²) in [7, 11) is 1.42. The fourth-order valence-corrected chi connectivity index (χ4v) is 1.51. The van der Waals surface area contributed by atoms with E-state index in [0.29, 0.717) is 10.0 Å². The Hall–Kier alpha value is -0.520. The van der Waals surface area contributed by atoms with Crippen molar-refractivity contribution in [1.82, 2.24) is 0 Å². The van der Waals surface area contributed by atoms with Crippen LogP contribution in [0.15, 0.2) is 16.6 Å². The largest absolute Gasteiger partial charge is 0.503 e. The molecule has 0 radical (unpaired) electrons. The predicted molar refractivity (Wildman–Crippen MR) is 62.5 cm³/mol. The Morgan fingerprint density at radius 3 is 2.67 bits per heavy atom. The third-order valence-electron chi connectivity index (χ3n) is 1.87. The molecule has 0 amide bonds. The third kappa shape index (κ3) is 3.22. The van der Waals surface area contributed by atoms with Gasteiger partial charge in [0.05, 0.1) is 17.6 Å². The quantitative estimate of drug-likeness (QED) is 0.902. The Bertz CT molecular complexity index is 338. The number of phenolic OH excluding ortho intramolecular Hbond substituents is 1. The molecule has 86 valence electrons. The maximum atomic E-state index is 12.3. The molecule has 6 heteroatoms. The molecule has 3 N–H and O–H groups in total. The lowest BCUT2D eigenvalue weighted by Crippen LogP contribution is -2.12. The summed E-state index contributed by atoms with van der Waals surface area (Å²) in [6, 6.07) is 2.40. The number of nitrogens with two attached hydrogens (primary N) is 1. The summed E-state index contributed by atoms with van der Waals surface area (Å²) in [4.78, 5) is 0. The molecule has 0 saturated heterocycles. The van der Waals surface area contributed by atoms with Crippen molar-refractivity contribution in [2.45, 2.75) is 6.04 Å². The summed E-state index contributed by atoms with van der Waals surface area (Å²) in [5, 5.41) is 9.47. The number of rotatable bonds is 3. The monoisotopic (exact) mass is 299 g/mol. The van der Waals surface area contributed by atoms with Crippen LogP contribution >= 0.6 is 28.3 Å². The summed E-state index contributed by atoms with van der Waals surface area (Å²) in [5.74, 6) is 0.264. The summed E-state index contributed by atoms with van der Waals surface area (Å²) in [6.07, 6.45) is 0. The van der Waals surface area contributed by atoms with Gasteiger partial charge in [-0.1, -0.05) is 0 Å². The van der Waals surface area contributed by atoms with Crippen molar-refractivity contribution in [1.29, 1.82) is 0 Å². The van der Waals surface area contributed by atoms with Gasteiger partial charge in [0, 0.05) is 0 Å². The molecular formula is C9H12BrClFNO2. The van der Waals surface area contributed by atoms with Gasteiger partial charge in [-0.15, -0.1) is 12.4 Å². The van der Waals surface area contributed by atoms with E-state index in [-0.39, 0.29) is 23.9 Å². The lowest BCUT2D eigenvalue weighted by Gasteiger charge is -2.11. The van der Waals surface area contributed by atoms with Crippen molar-refractivity contribution >= 4 is 28.3 Å². The number of methoxy groups -OCH3 is 1. The second-order valence-electron chi connectivity index (χ2n) is 2.81. The maximum Gasteiger partial charge on any atom is 0.172 e. The fraction of sp³-hybridized carbons (Fsp3) is 0.333. The summed E-state index contributed by atoms with van der Waals surface area (Å²) >= 11 is 3.13. The molecule has 0 unspecified atom stereocenters. The van der Waals surface area contributed by atoms with Crippen molar-refractivity contribution in [2.24, 2.45) is 5.73 Å². The number of halogens is 3. The minimum atomic E-state index is -0.694. The Kier molecular flexibility index (Phi) is 5.93. The van der Waals surface area contributed by atoms with Crippen LogP contribution in [0.25, 0.3) is 0 Å². The van der Waals surface area contributed by atoms with E-state index in [1.54, 1.807) is 6.07 Å². The number of ether oxygens (including phenoxy) is 1. The Morgan fingerprint density at radius 2 is 2.20 bits per heavy atom. The van der Waals surface area contributed by atoms with E-state index >= 15 is 0 Å². The zero-order chi connectivity index (χ0) is 10.7. The molecule has 0 heterocycles. The number of aromatic hydroxyl groups is 1. The first kappa shape index (κ1) is 14.5. The van der Waals surface area contributed by atoms with Crippen molar-refractivity contribution in [3.63, 3.8) is 0 Å². The van der Waals surface area contributed by atoms with Gasteiger partial charge in [0.25, 0.3) is 0 Å². The SMILES string of the molecule is COc1cc([C@H](N)CF)cc(Br)c1O.Cl. The minimum Gasteiger partial charge on any atom is -0.503 e. The normalized spacial score (nSPS) is 11.7. The second kappa shape index (κ2) is 6.15. The van der Waals surface area contributed by atoms with Crippen LogP contribution in [-0.4, -0.2) is 18.9 Å². The average molecular weight is 301 g/mol. The number of alkyl halides is 1. The van der Waals surface area contributed by atoms with E-state index in [0.717, 1.165) is 0 Å². The van der Waals surface area contributed by atoms with Crippen LogP contribution in [0.3, 0.4) is 0 Å². The van der Waals surface area contributed by atoms with Crippen LogP contribution in [-0.2, 0) is 0 Å². The molecule has 0 aliphatic heterocycles. The van der Waals surface area contributed by atoms with Crippen molar-refractivity contribution in [3.05, 3.63) is 22.2 Å². The van der Waals surface area contributed by atoms with E-state index in [4.69, 9.17) is 10.5 Å². The molecule has 0 aliphatic carbocycles. The van der Waals surface area contributed by atoms with Crippen molar-refractivity contribution < 1.29 is 14.2 Å². The molecule has 0 saturated carbocycles. The van der Waals surface area contributed by atoms with E-state index in [1.807, 2.05) is 0 Å². The first-order chi connectivity index (χ1) is 6.60. The summed E-state index contributed by atoms with van der Waals surface area (Å²) < 4.78 is 17.6. The maximum absolute atomic E-state index is 12.3. The van der Waals surface area contributed by atoms with Crippen LogP contribution in [0.2, 0.25) is 0 Å². The summed E-state index contributed by atoms with van der Waals surface area (Å²) in [6.45, 7) is -0.652. The minimum absolute atomic E-state index is 0. The fourth-order valence-electron chi connectivity index (χ4n) is 1.05. The van der Waals surface area contributed by atoms with Gasteiger partial charge in [0.2, 0.25) is 0 Å². The number of hydrogen-bond donors (Lipinski definition) is 2. The molecule has 0 spiro atoms. The molecule has 1 rings (SSSR count). The molecule has 0 aromatic heterocycles. The molecular weight excluding hydrogens is 288 g/mol. The highest BCUT2D eigenvalue weighted by Crippen LogP contribution is 2.36. The highest BCUT2D eigenvalue weighted by molar-refractivity contribution is 9.10.